The van der Waals surface area contributed by atoms with Crippen LogP contribution in [0.25, 0.3) is 0 Å². The summed E-state index contributed by atoms with van der Waals surface area (Å²) < 4.78 is 9.62. The van der Waals surface area contributed by atoms with Crippen LogP contribution < -0.4 is 10.6 Å². The number of nitrogens with one attached hydrogen (secondary N) is 2. The van der Waals surface area contributed by atoms with Gasteiger partial charge in [0.1, 0.15) is 6.61 Å². The lowest BCUT2D eigenvalue weighted by Gasteiger charge is -2.08. The van der Waals surface area contributed by atoms with Crippen LogP contribution in [0, 0.1) is 0 Å². The topological polar surface area (TPSA) is 93.7 Å². The first-order chi connectivity index (χ1) is 11.1. The van der Waals surface area contributed by atoms with Gasteiger partial charge < -0.3 is 20.1 Å². The molecule has 2 amide bonds. The van der Waals surface area contributed by atoms with Crippen LogP contribution in [-0.4, -0.2) is 44.7 Å². The Morgan fingerprint density at radius 1 is 1.13 bits per heavy atom. The summed E-state index contributed by atoms with van der Waals surface area (Å²) in [4.78, 5) is 34.9. The highest BCUT2D eigenvalue weighted by Crippen LogP contribution is 2.11. The van der Waals surface area contributed by atoms with Crippen LogP contribution in [0.1, 0.15) is 30.1 Å². The molecule has 0 bridgehead atoms. The molecule has 23 heavy (non-hydrogen) atoms. The van der Waals surface area contributed by atoms with Gasteiger partial charge in [0.15, 0.2) is 0 Å². The highest BCUT2D eigenvalue weighted by Gasteiger charge is 2.10. The minimum absolute atomic E-state index is 0.00837. The normalized spacial score (nSPS) is 10.0. The predicted octanol–water partition coefficient (Wildman–Crippen LogP) is 1.34. The molecule has 1 aromatic rings. The number of esters is 1. The van der Waals surface area contributed by atoms with Crippen LogP contribution in [0.2, 0.25) is 0 Å². The van der Waals surface area contributed by atoms with Crippen molar-refractivity contribution in [2.45, 2.75) is 19.8 Å². The third-order valence-electron chi connectivity index (χ3n) is 2.85. The summed E-state index contributed by atoms with van der Waals surface area (Å²) in [5.41, 5.74) is 0.968. The minimum atomic E-state index is -0.451. The molecule has 0 atom stereocenters. The van der Waals surface area contributed by atoms with Crippen molar-refractivity contribution in [3.8, 4) is 0 Å². The Kier molecular flexibility index (Phi) is 8.38. The number of hydrogen-bond acceptors (Lipinski definition) is 5. The van der Waals surface area contributed by atoms with E-state index in [9.17, 15) is 14.4 Å². The van der Waals surface area contributed by atoms with Crippen LogP contribution in [-0.2, 0) is 19.1 Å². The SMILES string of the molecule is CCNC(=O)c1cccc(NC(=O)CCC(=O)OCCOC)c1. The molecule has 2 N–H and O–H groups in total. The number of ether oxygens (including phenoxy) is 2. The van der Waals surface area contributed by atoms with Gasteiger partial charge in [0.05, 0.1) is 13.0 Å². The molecular weight excluding hydrogens is 300 g/mol. The van der Waals surface area contributed by atoms with E-state index in [2.05, 4.69) is 10.6 Å². The van der Waals surface area contributed by atoms with E-state index in [1.165, 1.54) is 7.11 Å². The number of carbonyl (C=O) groups is 3. The van der Waals surface area contributed by atoms with Crippen molar-refractivity contribution >= 4 is 23.5 Å². The molecule has 0 heterocycles. The zero-order chi connectivity index (χ0) is 17.1. The van der Waals surface area contributed by atoms with Gasteiger partial charge in [-0.1, -0.05) is 6.07 Å². The minimum Gasteiger partial charge on any atom is -0.463 e. The number of carbonyl (C=O) groups excluding carboxylic acids is 3. The zero-order valence-corrected chi connectivity index (χ0v) is 13.4. The lowest BCUT2D eigenvalue weighted by atomic mass is 10.2. The molecule has 0 spiro atoms. The standard InChI is InChI=1S/C16H22N2O5/c1-3-17-16(21)12-5-4-6-13(11-12)18-14(19)7-8-15(20)23-10-9-22-2/h4-6,11H,3,7-10H2,1-2H3,(H,17,21)(H,18,19). The van der Waals surface area contributed by atoms with E-state index < -0.39 is 5.97 Å². The largest absolute Gasteiger partial charge is 0.463 e. The van der Waals surface area contributed by atoms with Gasteiger partial charge >= 0.3 is 5.97 Å². The van der Waals surface area contributed by atoms with Gasteiger partial charge in [0.2, 0.25) is 5.91 Å². The van der Waals surface area contributed by atoms with Crippen LogP contribution in [0.4, 0.5) is 5.69 Å². The number of methoxy groups -OCH3 is 1. The monoisotopic (exact) mass is 322 g/mol. The fourth-order valence-electron chi connectivity index (χ4n) is 1.75. The van der Waals surface area contributed by atoms with Crippen LogP contribution in [0.5, 0.6) is 0 Å². The molecule has 0 aromatic heterocycles. The van der Waals surface area contributed by atoms with Crippen molar-refractivity contribution in [2.24, 2.45) is 0 Å². The van der Waals surface area contributed by atoms with E-state index in [0.717, 1.165) is 0 Å². The second kappa shape index (κ2) is 10.3. The van der Waals surface area contributed by atoms with Crippen molar-refractivity contribution in [1.29, 1.82) is 0 Å². The van der Waals surface area contributed by atoms with E-state index in [1.807, 2.05) is 6.92 Å². The molecule has 0 aliphatic rings. The maximum atomic E-state index is 11.8. The van der Waals surface area contributed by atoms with Crippen LogP contribution >= 0.6 is 0 Å². The molecule has 7 heteroatoms. The Hall–Kier alpha value is -2.41. The number of benzene rings is 1. The Bertz CT molecular complexity index is 545. The Morgan fingerprint density at radius 3 is 2.61 bits per heavy atom. The Labute approximate surface area is 135 Å². The first-order valence-corrected chi connectivity index (χ1v) is 7.39. The molecule has 0 aliphatic carbocycles. The molecule has 7 nitrogen and oxygen atoms in total. The average molecular weight is 322 g/mol. The quantitative estimate of drug-likeness (QED) is 0.529. The van der Waals surface area contributed by atoms with E-state index in [-0.39, 0.29) is 31.3 Å². The molecule has 0 saturated heterocycles. The molecule has 0 saturated carbocycles. The summed E-state index contributed by atoms with van der Waals surface area (Å²) in [5.74, 6) is -0.972. The second-order valence-corrected chi connectivity index (χ2v) is 4.70. The smallest absolute Gasteiger partial charge is 0.306 e. The van der Waals surface area contributed by atoms with Gasteiger partial charge in [-0.2, -0.15) is 0 Å². The second-order valence-electron chi connectivity index (χ2n) is 4.70. The van der Waals surface area contributed by atoms with Crippen molar-refractivity contribution in [3.63, 3.8) is 0 Å². The van der Waals surface area contributed by atoms with Crippen LogP contribution in [0.3, 0.4) is 0 Å². The third-order valence-corrected chi connectivity index (χ3v) is 2.85. The molecule has 0 aliphatic heterocycles. The fourth-order valence-corrected chi connectivity index (χ4v) is 1.75. The molecule has 0 unspecified atom stereocenters. The Morgan fingerprint density at radius 2 is 1.91 bits per heavy atom. The molecule has 0 radical (unpaired) electrons. The molecule has 1 aromatic carbocycles. The van der Waals surface area contributed by atoms with E-state index >= 15 is 0 Å². The van der Waals surface area contributed by atoms with Gasteiger partial charge in [0.25, 0.3) is 5.91 Å². The van der Waals surface area contributed by atoms with Crippen molar-refractivity contribution in [1.82, 2.24) is 5.32 Å². The van der Waals surface area contributed by atoms with Crippen molar-refractivity contribution in [2.75, 3.05) is 32.2 Å². The Balaban J connectivity index is 2.43. The van der Waals surface area contributed by atoms with E-state index in [0.29, 0.717) is 24.4 Å². The molecule has 1 rings (SSSR count). The lowest BCUT2D eigenvalue weighted by Crippen LogP contribution is -2.22. The first-order valence-electron chi connectivity index (χ1n) is 7.39. The average Bonchev–Trinajstić information content (AvgIpc) is 2.54. The highest BCUT2D eigenvalue weighted by atomic mass is 16.6. The number of rotatable bonds is 9. The van der Waals surface area contributed by atoms with Gasteiger partial charge in [-0.25, -0.2) is 0 Å². The summed E-state index contributed by atoms with van der Waals surface area (Å²) in [6, 6.07) is 6.60. The number of anilines is 1. The predicted molar refractivity (Wildman–Crippen MR) is 85.1 cm³/mol. The molecule has 0 fully saturated rings. The fraction of sp³-hybridized carbons (Fsp3) is 0.438. The highest BCUT2D eigenvalue weighted by molar-refractivity contribution is 5.97. The summed E-state index contributed by atoms with van der Waals surface area (Å²) >= 11 is 0. The summed E-state index contributed by atoms with van der Waals surface area (Å²) in [5, 5.41) is 5.33. The number of hydrogen-bond donors (Lipinski definition) is 2. The lowest BCUT2D eigenvalue weighted by molar-refractivity contribution is -0.145. The van der Waals surface area contributed by atoms with E-state index in [4.69, 9.17) is 9.47 Å². The molecule has 126 valence electrons. The van der Waals surface area contributed by atoms with Crippen molar-refractivity contribution in [3.05, 3.63) is 29.8 Å². The summed E-state index contributed by atoms with van der Waals surface area (Å²) in [7, 11) is 1.51. The van der Waals surface area contributed by atoms with Crippen LogP contribution in [0.15, 0.2) is 24.3 Å². The summed E-state index contributed by atoms with van der Waals surface area (Å²) in [6.07, 6.45) is 0.00274. The first kappa shape index (κ1) is 18.6. The number of amides is 2. The van der Waals surface area contributed by atoms with Gasteiger partial charge in [-0.3, -0.25) is 14.4 Å². The maximum absolute atomic E-state index is 11.8. The summed E-state index contributed by atoms with van der Waals surface area (Å²) in [6.45, 7) is 2.85. The maximum Gasteiger partial charge on any atom is 0.306 e. The van der Waals surface area contributed by atoms with E-state index in [1.54, 1.807) is 24.3 Å². The van der Waals surface area contributed by atoms with Crippen molar-refractivity contribution < 1.29 is 23.9 Å². The van der Waals surface area contributed by atoms with Gasteiger partial charge in [0, 0.05) is 31.3 Å². The van der Waals surface area contributed by atoms with Gasteiger partial charge in [-0.15, -0.1) is 0 Å². The third kappa shape index (κ3) is 7.42. The molecular formula is C16H22N2O5. The zero-order valence-electron chi connectivity index (χ0n) is 13.4. The van der Waals surface area contributed by atoms with Gasteiger partial charge in [-0.05, 0) is 25.1 Å².